The molecule has 2 N–H and O–H groups in total. The average molecular weight is 556 g/mol. The number of benzene rings is 2. The van der Waals surface area contributed by atoms with Crippen LogP contribution in [0.15, 0.2) is 59.6 Å². The Morgan fingerprint density at radius 3 is 2.32 bits per heavy atom. The molecule has 2 unspecified atom stereocenters. The van der Waals surface area contributed by atoms with E-state index in [1.54, 1.807) is 30.3 Å². The Morgan fingerprint density at radius 1 is 1.00 bits per heavy atom. The van der Waals surface area contributed by atoms with Crippen LogP contribution in [0.1, 0.15) is 10.4 Å². The first kappa shape index (κ1) is 26.4. The Hall–Kier alpha value is -3.25. The van der Waals surface area contributed by atoms with Crippen molar-refractivity contribution in [2.45, 2.75) is 4.90 Å². The van der Waals surface area contributed by atoms with Crippen molar-refractivity contribution in [1.82, 2.24) is 24.1 Å². The lowest BCUT2D eigenvalue weighted by molar-refractivity contribution is 0.0776. The Morgan fingerprint density at radius 2 is 1.66 bits per heavy atom. The third-order valence-electron chi connectivity index (χ3n) is 6.99. The number of anilines is 4. The molecule has 200 valence electrons. The van der Waals surface area contributed by atoms with Crippen LogP contribution in [0.5, 0.6) is 0 Å². The lowest BCUT2D eigenvalue weighted by Gasteiger charge is -2.19. The zero-order chi connectivity index (χ0) is 27.0. The van der Waals surface area contributed by atoms with Gasteiger partial charge in [-0.25, -0.2) is 17.7 Å². The van der Waals surface area contributed by atoms with Crippen LogP contribution >= 0.6 is 11.6 Å². The molecule has 1 aromatic heterocycles. The minimum atomic E-state index is -3.69. The van der Waals surface area contributed by atoms with Gasteiger partial charge in [-0.3, -0.25) is 4.79 Å². The number of carbonyl (C=O) groups excluding carboxylic acids is 1. The zero-order valence-corrected chi connectivity index (χ0v) is 23.0. The van der Waals surface area contributed by atoms with Gasteiger partial charge in [-0.1, -0.05) is 23.7 Å². The highest BCUT2D eigenvalue weighted by atomic mass is 35.5. The van der Waals surface area contributed by atoms with Crippen molar-refractivity contribution in [2.75, 3.05) is 58.0 Å². The van der Waals surface area contributed by atoms with E-state index in [4.69, 9.17) is 11.6 Å². The number of carbonyl (C=O) groups is 1. The highest BCUT2D eigenvalue weighted by Gasteiger charge is 2.40. The minimum Gasteiger partial charge on any atom is -0.338 e. The Balaban J connectivity index is 1.29. The summed E-state index contributed by atoms with van der Waals surface area (Å²) in [5, 5.41) is 6.37. The van der Waals surface area contributed by atoms with Crippen molar-refractivity contribution < 1.29 is 13.2 Å². The van der Waals surface area contributed by atoms with E-state index in [0.717, 1.165) is 30.5 Å². The van der Waals surface area contributed by atoms with Crippen LogP contribution in [0.4, 0.5) is 23.1 Å². The van der Waals surface area contributed by atoms with Crippen LogP contribution in [-0.2, 0) is 10.0 Å². The topological polar surface area (TPSA) is 111 Å². The molecule has 2 saturated heterocycles. The number of rotatable bonds is 7. The van der Waals surface area contributed by atoms with E-state index in [0.29, 0.717) is 28.8 Å². The van der Waals surface area contributed by atoms with Gasteiger partial charge in [0.05, 0.1) is 11.9 Å². The predicted octanol–water partition coefficient (Wildman–Crippen LogP) is 3.50. The molecular formula is C26H30ClN7O3S. The van der Waals surface area contributed by atoms with E-state index in [9.17, 15) is 13.2 Å². The second kappa shape index (κ2) is 10.5. The van der Waals surface area contributed by atoms with E-state index in [-0.39, 0.29) is 27.6 Å². The third-order valence-corrected chi connectivity index (χ3v) is 9.14. The number of amides is 1. The van der Waals surface area contributed by atoms with Gasteiger partial charge in [-0.15, -0.1) is 0 Å². The van der Waals surface area contributed by atoms with Crippen LogP contribution in [0.2, 0.25) is 5.02 Å². The number of nitrogens with zero attached hydrogens (tertiary/aromatic N) is 5. The van der Waals surface area contributed by atoms with Crippen LogP contribution in [-0.4, -0.2) is 85.7 Å². The molecule has 5 rings (SSSR count). The Labute approximate surface area is 227 Å². The first-order valence-corrected chi connectivity index (χ1v) is 14.1. The molecule has 0 aliphatic carbocycles. The molecule has 3 aromatic rings. The number of nitrogens with one attached hydrogen (secondary N) is 2. The van der Waals surface area contributed by atoms with Crippen molar-refractivity contribution in [3.63, 3.8) is 0 Å². The largest absolute Gasteiger partial charge is 0.338 e. The van der Waals surface area contributed by atoms with E-state index in [2.05, 4.69) is 32.5 Å². The third kappa shape index (κ3) is 5.32. The summed E-state index contributed by atoms with van der Waals surface area (Å²) in [6.45, 7) is 3.71. The normalized spacial score (nSPS) is 19.6. The molecule has 2 fully saturated rings. The highest BCUT2D eigenvalue weighted by molar-refractivity contribution is 7.89. The summed E-state index contributed by atoms with van der Waals surface area (Å²) in [6, 6.07) is 13.7. The molecule has 3 heterocycles. The van der Waals surface area contributed by atoms with Gasteiger partial charge in [0.1, 0.15) is 9.92 Å². The SMILES string of the molecule is CN1CC2CN(C(=O)c3ccc(Nc4ncc(Cl)c(Nc5ccccc5S(=O)(=O)N(C)C)n4)cc3)CC2C1. The fourth-order valence-corrected chi connectivity index (χ4v) is 6.21. The Bertz CT molecular complexity index is 1440. The van der Waals surface area contributed by atoms with Crippen molar-refractivity contribution in [3.8, 4) is 0 Å². The number of fused-ring (bicyclic) bond motifs is 1. The van der Waals surface area contributed by atoms with Crippen LogP contribution in [0, 0.1) is 11.8 Å². The predicted molar refractivity (Wildman–Crippen MR) is 148 cm³/mol. The monoisotopic (exact) mass is 555 g/mol. The van der Waals surface area contributed by atoms with Crippen LogP contribution in [0.3, 0.4) is 0 Å². The summed E-state index contributed by atoms with van der Waals surface area (Å²) in [7, 11) is 1.39. The van der Waals surface area contributed by atoms with Crippen molar-refractivity contribution >= 4 is 50.7 Å². The number of hydrogen-bond acceptors (Lipinski definition) is 8. The fourth-order valence-electron chi connectivity index (χ4n) is 5.04. The summed E-state index contributed by atoms with van der Waals surface area (Å²) in [5.74, 6) is 1.69. The fraction of sp³-hybridized carbons (Fsp3) is 0.346. The Kier molecular flexibility index (Phi) is 7.28. The van der Waals surface area contributed by atoms with Gasteiger partial charge in [-0.05, 0) is 55.3 Å². The number of sulfonamides is 1. The maximum atomic E-state index is 13.0. The molecule has 2 aromatic carbocycles. The molecule has 10 nitrogen and oxygen atoms in total. The number of likely N-dealkylation sites (tertiary alicyclic amines) is 2. The van der Waals surface area contributed by atoms with Crippen molar-refractivity contribution in [2.24, 2.45) is 11.8 Å². The summed E-state index contributed by atoms with van der Waals surface area (Å²) in [6.07, 6.45) is 1.43. The quantitative estimate of drug-likeness (QED) is 0.456. The number of para-hydroxylation sites is 1. The summed E-state index contributed by atoms with van der Waals surface area (Å²) >= 11 is 6.32. The first-order chi connectivity index (χ1) is 18.1. The van der Waals surface area contributed by atoms with Crippen LogP contribution < -0.4 is 10.6 Å². The van der Waals surface area contributed by atoms with Gasteiger partial charge in [0, 0.05) is 51.5 Å². The number of hydrogen-bond donors (Lipinski definition) is 2. The molecule has 1 amide bonds. The second-order valence-electron chi connectivity index (χ2n) is 9.95. The van der Waals surface area contributed by atoms with Gasteiger partial charge >= 0.3 is 0 Å². The molecule has 38 heavy (non-hydrogen) atoms. The summed E-state index contributed by atoms with van der Waals surface area (Å²) in [4.78, 5) is 26.1. The molecule has 12 heteroatoms. The van der Waals surface area contributed by atoms with Crippen LogP contribution in [0.25, 0.3) is 0 Å². The molecule has 2 atom stereocenters. The minimum absolute atomic E-state index is 0.0502. The van der Waals surface area contributed by atoms with Gasteiger partial charge in [0.25, 0.3) is 5.91 Å². The lowest BCUT2D eigenvalue weighted by atomic mass is 10.0. The molecule has 0 radical (unpaired) electrons. The first-order valence-electron chi connectivity index (χ1n) is 12.3. The second-order valence-corrected chi connectivity index (χ2v) is 12.5. The smallest absolute Gasteiger partial charge is 0.253 e. The van der Waals surface area contributed by atoms with E-state index in [1.165, 1.54) is 26.4 Å². The van der Waals surface area contributed by atoms with Gasteiger partial charge < -0.3 is 20.4 Å². The van der Waals surface area contributed by atoms with E-state index < -0.39 is 10.0 Å². The number of halogens is 1. The van der Waals surface area contributed by atoms with Gasteiger partial charge in [0.2, 0.25) is 16.0 Å². The summed E-state index contributed by atoms with van der Waals surface area (Å²) in [5.41, 5.74) is 1.68. The highest BCUT2D eigenvalue weighted by Crippen LogP contribution is 2.32. The van der Waals surface area contributed by atoms with E-state index in [1.807, 2.05) is 17.0 Å². The molecule has 2 aliphatic heterocycles. The zero-order valence-electron chi connectivity index (χ0n) is 21.4. The number of aromatic nitrogens is 2. The van der Waals surface area contributed by atoms with Crippen molar-refractivity contribution in [1.29, 1.82) is 0 Å². The molecule has 2 aliphatic rings. The lowest BCUT2D eigenvalue weighted by Crippen LogP contribution is -2.32. The molecular weight excluding hydrogens is 526 g/mol. The molecule has 0 spiro atoms. The van der Waals surface area contributed by atoms with E-state index >= 15 is 0 Å². The molecule has 0 bridgehead atoms. The molecule has 0 saturated carbocycles. The van der Waals surface area contributed by atoms with Gasteiger partial charge in [-0.2, -0.15) is 4.98 Å². The standard InChI is InChI=1S/C26H30ClN7O3S/c1-32(2)38(36,37)23-7-5-4-6-22(23)30-24-21(27)12-28-26(31-24)29-20-10-8-17(9-11-20)25(35)34-15-18-13-33(3)14-19(18)16-34/h4-12,18-19H,13-16H2,1-3H3,(H2,28,29,30,31). The summed E-state index contributed by atoms with van der Waals surface area (Å²) < 4.78 is 26.6. The maximum Gasteiger partial charge on any atom is 0.253 e. The van der Waals surface area contributed by atoms with Gasteiger partial charge in [0.15, 0.2) is 5.82 Å². The maximum absolute atomic E-state index is 13.0. The van der Waals surface area contributed by atoms with Crippen molar-refractivity contribution in [3.05, 3.63) is 65.3 Å². The average Bonchev–Trinajstić information content (AvgIpc) is 3.44.